The van der Waals surface area contributed by atoms with E-state index < -0.39 is 10.0 Å². The van der Waals surface area contributed by atoms with Crippen molar-refractivity contribution in [3.63, 3.8) is 0 Å². The number of nitrogen functional groups attached to an aromatic ring is 1. The third-order valence-electron chi connectivity index (χ3n) is 2.57. The number of benzene rings is 1. The molecule has 0 amide bonds. The van der Waals surface area contributed by atoms with Crippen LogP contribution in [0.1, 0.15) is 6.92 Å². The number of rotatable bonds is 4. The van der Waals surface area contributed by atoms with Crippen LogP contribution in [0.25, 0.3) is 0 Å². The Bertz CT molecular complexity index is 720. The Morgan fingerprint density at radius 3 is 2.65 bits per heavy atom. The van der Waals surface area contributed by atoms with E-state index in [-0.39, 0.29) is 5.03 Å². The molecule has 20 heavy (non-hydrogen) atoms. The third kappa shape index (κ3) is 3.15. The van der Waals surface area contributed by atoms with Crippen molar-refractivity contribution in [3.8, 4) is 0 Å². The maximum Gasteiger partial charge on any atom is 0.281 e. The molecule has 0 saturated heterocycles. The van der Waals surface area contributed by atoms with E-state index in [1.54, 1.807) is 16.7 Å². The van der Waals surface area contributed by atoms with Gasteiger partial charge in [0.1, 0.15) is 0 Å². The molecule has 0 bridgehead atoms. The van der Waals surface area contributed by atoms with E-state index in [1.165, 1.54) is 12.5 Å². The summed E-state index contributed by atoms with van der Waals surface area (Å²) in [5.41, 5.74) is 6.43. The molecule has 108 valence electrons. The lowest BCUT2D eigenvalue weighted by Crippen LogP contribution is -2.15. The van der Waals surface area contributed by atoms with Gasteiger partial charge in [0, 0.05) is 21.7 Å². The number of halogens is 2. The van der Waals surface area contributed by atoms with Gasteiger partial charge >= 0.3 is 0 Å². The highest BCUT2D eigenvalue weighted by atomic mass is 79.9. The summed E-state index contributed by atoms with van der Waals surface area (Å²) in [6, 6.07) is 3.33. The molecule has 0 fully saturated rings. The van der Waals surface area contributed by atoms with Crippen LogP contribution in [-0.2, 0) is 16.6 Å². The molecule has 0 aliphatic carbocycles. The van der Waals surface area contributed by atoms with E-state index in [4.69, 9.17) is 5.73 Å². The summed E-state index contributed by atoms with van der Waals surface area (Å²) in [6.45, 7) is 2.54. The first-order valence-corrected chi connectivity index (χ1v) is 8.69. The van der Waals surface area contributed by atoms with Crippen molar-refractivity contribution in [2.45, 2.75) is 18.5 Å². The second kappa shape index (κ2) is 5.74. The highest BCUT2D eigenvalue weighted by molar-refractivity contribution is 9.11. The van der Waals surface area contributed by atoms with Crippen LogP contribution in [0, 0.1) is 0 Å². The average molecular weight is 424 g/mol. The monoisotopic (exact) mass is 422 g/mol. The number of nitrogens with one attached hydrogen (secondary N) is 1. The van der Waals surface area contributed by atoms with Crippen LogP contribution in [0.2, 0.25) is 0 Å². The molecular formula is C11H12Br2N4O2S. The molecular weight excluding hydrogens is 412 g/mol. The molecule has 0 unspecified atom stereocenters. The van der Waals surface area contributed by atoms with Gasteiger partial charge < -0.3 is 10.3 Å². The summed E-state index contributed by atoms with van der Waals surface area (Å²) in [4.78, 5) is 3.88. The van der Waals surface area contributed by atoms with Crippen molar-refractivity contribution in [3.05, 3.63) is 33.6 Å². The minimum atomic E-state index is -3.77. The van der Waals surface area contributed by atoms with Crippen LogP contribution in [0.4, 0.5) is 11.4 Å². The van der Waals surface area contributed by atoms with Crippen molar-refractivity contribution in [2.75, 3.05) is 10.5 Å². The predicted molar refractivity (Wildman–Crippen MR) is 85.0 cm³/mol. The fourth-order valence-corrected chi connectivity index (χ4v) is 4.09. The third-order valence-corrected chi connectivity index (χ3v) is 4.89. The number of hydrogen-bond acceptors (Lipinski definition) is 4. The van der Waals surface area contributed by atoms with Gasteiger partial charge in [-0.3, -0.25) is 4.72 Å². The lowest BCUT2D eigenvalue weighted by atomic mass is 10.3. The van der Waals surface area contributed by atoms with Crippen molar-refractivity contribution >= 4 is 53.3 Å². The fraction of sp³-hybridized carbons (Fsp3) is 0.182. The summed E-state index contributed by atoms with van der Waals surface area (Å²) in [6.07, 6.45) is 2.93. The van der Waals surface area contributed by atoms with Gasteiger partial charge in [-0.05, 0) is 35.0 Å². The Morgan fingerprint density at radius 2 is 2.10 bits per heavy atom. The minimum absolute atomic E-state index is 0.0476. The lowest BCUT2D eigenvalue weighted by Gasteiger charge is -2.11. The Morgan fingerprint density at radius 1 is 1.40 bits per heavy atom. The summed E-state index contributed by atoms with van der Waals surface area (Å²) in [5, 5.41) is -0.0476. The Balaban J connectivity index is 2.38. The van der Waals surface area contributed by atoms with Gasteiger partial charge in [-0.2, -0.15) is 8.42 Å². The molecule has 1 heterocycles. The molecule has 6 nitrogen and oxygen atoms in total. The number of hydrogen-bond donors (Lipinski definition) is 2. The number of imidazole rings is 1. The van der Waals surface area contributed by atoms with Crippen molar-refractivity contribution in [1.29, 1.82) is 0 Å². The fourth-order valence-electron chi connectivity index (χ4n) is 1.54. The first kappa shape index (κ1) is 15.3. The van der Waals surface area contributed by atoms with Crippen molar-refractivity contribution in [2.24, 2.45) is 0 Å². The molecule has 0 aliphatic heterocycles. The second-order valence-electron chi connectivity index (χ2n) is 4.00. The normalized spacial score (nSPS) is 11.6. The van der Waals surface area contributed by atoms with Gasteiger partial charge in [-0.25, -0.2) is 4.98 Å². The molecule has 9 heteroatoms. The zero-order valence-corrected chi connectivity index (χ0v) is 14.5. The predicted octanol–water partition coefficient (Wildman–Crippen LogP) is 2.81. The van der Waals surface area contributed by atoms with Crippen LogP contribution in [0.15, 0.2) is 38.6 Å². The molecule has 2 aromatic rings. The molecule has 3 N–H and O–H groups in total. The number of sulfonamides is 1. The first-order valence-electron chi connectivity index (χ1n) is 5.62. The van der Waals surface area contributed by atoms with Gasteiger partial charge in [0.25, 0.3) is 10.0 Å². The number of nitrogens with two attached hydrogens (primary N) is 1. The lowest BCUT2D eigenvalue weighted by molar-refractivity contribution is 0.598. The first-order chi connectivity index (χ1) is 9.33. The average Bonchev–Trinajstić information content (AvgIpc) is 2.83. The number of aryl methyl sites for hydroxylation is 1. The standard InChI is InChI=1S/C11H12Br2N4O2S/c1-2-17-5-10(15-6-17)20(18,19)16-11-8(13)3-7(12)4-9(11)14/h3-6,16H,2,14H2,1H3. The maximum atomic E-state index is 12.2. The molecule has 2 rings (SSSR count). The van der Waals surface area contributed by atoms with Crippen LogP contribution >= 0.6 is 31.9 Å². The van der Waals surface area contributed by atoms with Gasteiger partial charge in [-0.1, -0.05) is 15.9 Å². The smallest absolute Gasteiger partial charge is 0.281 e. The van der Waals surface area contributed by atoms with Crippen LogP contribution < -0.4 is 10.5 Å². The summed E-state index contributed by atoms with van der Waals surface area (Å²) < 4.78 is 29.9. The van der Waals surface area contributed by atoms with Crippen LogP contribution in [0.3, 0.4) is 0 Å². The second-order valence-corrected chi connectivity index (χ2v) is 7.40. The molecule has 0 spiro atoms. The van der Waals surface area contributed by atoms with E-state index in [9.17, 15) is 8.42 Å². The summed E-state index contributed by atoms with van der Waals surface area (Å²) >= 11 is 6.56. The number of nitrogens with zero attached hydrogens (tertiary/aromatic N) is 2. The topological polar surface area (TPSA) is 90.0 Å². The molecule has 0 saturated carbocycles. The largest absolute Gasteiger partial charge is 0.397 e. The van der Waals surface area contributed by atoms with E-state index in [2.05, 4.69) is 41.6 Å². The van der Waals surface area contributed by atoms with Gasteiger partial charge in [0.15, 0.2) is 5.03 Å². The molecule has 0 radical (unpaired) electrons. The van der Waals surface area contributed by atoms with Crippen LogP contribution in [0.5, 0.6) is 0 Å². The van der Waals surface area contributed by atoms with Crippen LogP contribution in [-0.4, -0.2) is 18.0 Å². The Hall–Kier alpha value is -1.06. The zero-order chi connectivity index (χ0) is 14.9. The SMILES string of the molecule is CCn1cnc(S(=O)(=O)Nc2c(N)cc(Br)cc2Br)c1. The van der Waals surface area contributed by atoms with E-state index in [1.807, 2.05) is 6.92 Å². The van der Waals surface area contributed by atoms with E-state index in [0.29, 0.717) is 22.4 Å². The number of anilines is 2. The molecule has 0 aliphatic rings. The minimum Gasteiger partial charge on any atom is -0.397 e. The Labute approximate surface area is 133 Å². The van der Waals surface area contributed by atoms with Crippen molar-refractivity contribution in [1.82, 2.24) is 9.55 Å². The molecule has 0 atom stereocenters. The van der Waals surface area contributed by atoms with E-state index in [0.717, 1.165) is 4.47 Å². The number of aromatic nitrogens is 2. The maximum absolute atomic E-state index is 12.2. The quantitative estimate of drug-likeness (QED) is 0.739. The Kier molecular flexibility index (Phi) is 4.40. The highest BCUT2D eigenvalue weighted by Crippen LogP contribution is 2.33. The summed E-state index contributed by atoms with van der Waals surface area (Å²) in [5.74, 6) is 0. The molecule has 1 aromatic heterocycles. The highest BCUT2D eigenvalue weighted by Gasteiger charge is 2.20. The van der Waals surface area contributed by atoms with Crippen molar-refractivity contribution < 1.29 is 8.42 Å². The molecule has 1 aromatic carbocycles. The van der Waals surface area contributed by atoms with E-state index >= 15 is 0 Å². The zero-order valence-electron chi connectivity index (χ0n) is 10.5. The van der Waals surface area contributed by atoms with Gasteiger partial charge in [-0.15, -0.1) is 0 Å². The van der Waals surface area contributed by atoms with Gasteiger partial charge in [0.05, 0.1) is 17.7 Å². The van der Waals surface area contributed by atoms with Gasteiger partial charge in [0.2, 0.25) is 0 Å². The summed E-state index contributed by atoms with van der Waals surface area (Å²) in [7, 11) is -3.77.